The molecule has 1 heterocycles. The molecule has 0 radical (unpaired) electrons. The van der Waals surface area contributed by atoms with E-state index in [1.54, 1.807) is 6.20 Å². The summed E-state index contributed by atoms with van der Waals surface area (Å²) in [5.41, 5.74) is 0.963. The number of aryl methyl sites for hydroxylation is 1. The molecule has 96 valence electrons. The molecule has 0 atom stereocenters. The predicted octanol–water partition coefficient (Wildman–Crippen LogP) is 1.35. The van der Waals surface area contributed by atoms with Crippen LogP contribution in [0.4, 0.5) is 5.95 Å². The first-order valence-corrected chi connectivity index (χ1v) is 8.35. The average molecular weight is 275 g/mol. The minimum absolute atomic E-state index is 0.164. The molecule has 17 heavy (non-hydrogen) atoms. The van der Waals surface area contributed by atoms with Crippen LogP contribution >= 0.6 is 11.8 Å². The Bertz CT molecular complexity index is 474. The van der Waals surface area contributed by atoms with Crippen LogP contribution in [0.15, 0.2) is 11.2 Å². The van der Waals surface area contributed by atoms with Gasteiger partial charge in [-0.15, -0.1) is 11.8 Å². The van der Waals surface area contributed by atoms with E-state index in [1.807, 2.05) is 13.8 Å². The Balaban J connectivity index is 2.66. The summed E-state index contributed by atoms with van der Waals surface area (Å²) in [6.45, 7) is 4.65. The first-order chi connectivity index (χ1) is 7.92. The van der Waals surface area contributed by atoms with Crippen molar-refractivity contribution in [1.82, 2.24) is 9.97 Å². The van der Waals surface area contributed by atoms with Gasteiger partial charge in [0, 0.05) is 24.8 Å². The maximum atomic E-state index is 11.0. The largest absolute Gasteiger partial charge is 0.354 e. The second-order valence-corrected chi connectivity index (χ2v) is 7.03. The zero-order valence-corrected chi connectivity index (χ0v) is 11.9. The lowest BCUT2D eigenvalue weighted by Crippen LogP contribution is -2.06. The third-order valence-corrected chi connectivity index (χ3v) is 4.25. The molecule has 1 aromatic rings. The highest BCUT2D eigenvalue weighted by molar-refractivity contribution is 8.00. The van der Waals surface area contributed by atoms with Crippen molar-refractivity contribution < 1.29 is 8.42 Å². The first kappa shape index (κ1) is 14.2. The maximum absolute atomic E-state index is 11.0. The predicted molar refractivity (Wildman–Crippen MR) is 71.4 cm³/mol. The molecule has 0 unspecified atom stereocenters. The Morgan fingerprint density at radius 2 is 2.18 bits per heavy atom. The number of nitrogens with zero attached hydrogens (tertiary/aromatic N) is 2. The van der Waals surface area contributed by atoms with Crippen LogP contribution in [0.1, 0.15) is 12.5 Å². The lowest BCUT2D eigenvalue weighted by atomic mass is 10.4. The fraction of sp³-hybridized carbons (Fsp3) is 0.600. The van der Waals surface area contributed by atoms with Gasteiger partial charge in [0.2, 0.25) is 5.95 Å². The smallest absolute Gasteiger partial charge is 0.223 e. The Labute approximate surface area is 106 Å². The van der Waals surface area contributed by atoms with Crippen LogP contribution in [-0.4, -0.2) is 42.7 Å². The van der Waals surface area contributed by atoms with E-state index in [1.165, 1.54) is 18.0 Å². The summed E-state index contributed by atoms with van der Waals surface area (Å²) in [6.07, 6.45) is 2.98. The number of rotatable bonds is 6. The molecule has 0 aliphatic carbocycles. The van der Waals surface area contributed by atoms with Crippen LogP contribution in [0.25, 0.3) is 0 Å². The SMILES string of the molecule is CCNc1ncc(C)c(SCCS(C)(=O)=O)n1. The summed E-state index contributed by atoms with van der Waals surface area (Å²) in [4.78, 5) is 8.46. The van der Waals surface area contributed by atoms with E-state index in [0.29, 0.717) is 11.7 Å². The normalized spacial score (nSPS) is 11.5. The zero-order chi connectivity index (χ0) is 12.9. The van der Waals surface area contributed by atoms with Crippen LogP contribution in [0.5, 0.6) is 0 Å². The van der Waals surface area contributed by atoms with Crippen LogP contribution in [0.3, 0.4) is 0 Å². The quantitative estimate of drug-likeness (QED) is 0.624. The van der Waals surface area contributed by atoms with E-state index in [0.717, 1.165) is 17.1 Å². The molecule has 0 fully saturated rings. The van der Waals surface area contributed by atoms with Gasteiger partial charge in [-0.3, -0.25) is 0 Å². The molecule has 0 aromatic carbocycles. The molecule has 0 amide bonds. The summed E-state index contributed by atoms with van der Waals surface area (Å²) >= 11 is 1.44. The van der Waals surface area contributed by atoms with E-state index in [9.17, 15) is 8.42 Å². The van der Waals surface area contributed by atoms with E-state index in [2.05, 4.69) is 15.3 Å². The summed E-state index contributed by atoms with van der Waals surface area (Å²) in [5, 5.41) is 3.86. The molecule has 1 aromatic heterocycles. The topological polar surface area (TPSA) is 72.0 Å². The van der Waals surface area contributed by atoms with Crippen molar-refractivity contribution in [3.8, 4) is 0 Å². The van der Waals surface area contributed by atoms with Crippen molar-refractivity contribution >= 4 is 27.5 Å². The van der Waals surface area contributed by atoms with E-state index < -0.39 is 9.84 Å². The third kappa shape index (κ3) is 5.36. The van der Waals surface area contributed by atoms with Gasteiger partial charge in [-0.1, -0.05) is 0 Å². The molecule has 0 spiro atoms. The van der Waals surface area contributed by atoms with Crippen molar-refractivity contribution in [2.75, 3.05) is 29.6 Å². The number of nitrogens with one attached hydrogen (secondary N) is 1. The van der Waals surface area contributed by atoms with E-state index >= 15 is 0 Å². The number of hydrogen-bond donors (Lipinski definition) is 1. The Hall–Kier alpha value is -0.820. The number of thioether (sulfide) groups is 1. The molecular weight excluding hydrogens is 258 g/mol. The zero-order valence-electron chi connectivity index (χ0n) is 10.2. The summed E-state index contributed by atoms with van der Waals surface area (Å²) in [7, 11) is -2.91. The Morgan fingerprint density at radius 1 is 1.47 bits per heavy atom. The van der Waals surface area contributed by atoms with Gasteiger partial charge in [0.1, 0.15) is 14.9 Å². The van der Waals surface area contributed by atoms with Gasteiger partial charge in [0.15, 0.2) is 0 Å². The van der Waals surface area contributed by atoms with E-state index in [-0.39, 0.29) is 5.75 Å². The monoisotopic (exact) mass is 275 g/mol. The van der Waals surface area contributed by atoms with Gasteiger partial charge in [-0.25, -0.2) is 18.4 Å². The molecule has 5 nitrogen and oxygen atoms in total. The number of anilines is 1. The number of hydrogen-bond acceptors (Lipinski definition) is 6. The number of sulfone groups is 1. The molecule has 0 aliphatic rings. The summed E-state index contributed by atoms with van der Waals surface area (Å²) in [6, 6.07) is 0. The molecule has 0 saturated carbocycles. The second kappa shape index (κ2) is 6.20. The van der Waals surface area contributed by atoms with Gasteiger partial charge in [-0.2, -0.15) is 0 Å². The standard InChI is InChI=1S/C10H17N3O2S2/c1-4-11-10-12-7-8(2)9(13-10)16-5-6-17(3,14)15/h7H,4-6H2,1-3H3,(H,11,12,13). The molecule has 1 rings (SSSR count). The second-order valence-electron chi connectivity index (χ2n) is 3.69. The fourth-order valence-corrected chi connectivity index (χ4v) is 3.27. The average Bonchev–Trinajstić information content (AvgIpc) is 2.21. The lowest BCUT2D eigenvalue weighted by molar-refractivity contribution is 0.603. The summed E-state index contributed by atoms with van der Waals surface area (Å²) in [5.74, 6) is 1.26. The van der Waals surface area contributed by atoms with Crippen LogP contribution < -0.4 is 5.32 Å². The third-order valence-electron chi connectivity index (χ3n) is 1.95. The molecular formula is C10H17N3O2S2. The molecule has 0 saturated heterocycles. The highest BCUT2D eigenvalue weighted by Crippen LogP contribution is 2.20. The van der Waals surface area contributed by atoms with Gasteiger partial charge in [-0.05, 0) is 19.4 Å². The van der Waals surface area contributed by atoms with Crippen molar-refractivity contribution in [3.63, 3.8) is 0 Å². The van der Waals surface area contributed by atoms with Gasteiger partial charge < -0.3 is 5.32 Å². The summed E-state index contributed by atoms with van der Waals surface area (Å²) < 4.78 is 22.0. The van der Waals surface area contributed by atoms with Crippen LogP contribution in [-0.2, 0) is 9.84 Å². The van der Waals surface area contributed by atoms with Gasteiger partial charge in [0.25, 0.3) is 0 Å². The molecule has 0 bridgehead atoms. The number of aromatic nitrogens is 2. The highest BCUT2D eigenvalue weighted by atomic mass is 32.2. The maximum Gasteiger partial charge on any atom is 0.223 e. The van der Waals surface area contributed by atoms with Crippen molar-refractivity contribution in [2.24, 2.45) is 0 Å². The van der Waals surface area contributed by atoms with Gasteiger partial charge >= 0.3 is 0 Å². The van der Waals surface area contributed by atoms with E-state index in [4.69, 9.17) is 0 Å². The first-order valence-electron chi connectivity index (χ1n) is 5.30. The minimum atomic E-state index is -2.91. The minimum Gasteiger partial charge on any atom is -0.354 e. The Kier molecular flexibility index (Phi) is 5.20. The molecule has 1 N–H and O–H groups in total. The molecule has 0 aliphatic heterocycles. The fourth-order valence-electron chi connectivity index (χ4n) is 1.11. The highest BCUT2D eigenvalue weighted by Gasteiger charge is 2.07. The van der Waals surface area contributed by atoms with Crippen molar-refractivity contribution in [2.45, 2.75) is 18.9 Å². The van der Waals surface area contributed by atoms with Gasteiger partial charge in [0.05, 0.1) is 5.75 Å². The lowest BCUT2D eigenvalue weighted by Gasteiger charge is -2.06. The van der Waals surface area contributed by atoms with Crippen LogP contribution in [0.2, 0.25) is 0 Å². The van der Waals surface area contributed by atoms with Crippen LogP contribution in [0, 0.1) is 6.92 Å². The molecule has 7 heteroatoms. The Morgan fingerprint density at radius 3 is 2.76 bits per heavy atom. The van der Waals surface area contributed by atoms with Crippen molar-refractivity contribution in [3.05, 3.63) is 11.8 Å². The van der Waals surface area contributed by atoms with Crippen molar-refractivity contribution in [1.29, 1.82) is 0 Å².